The number of amides is 1. The van der Waals surface area contributed by atoms with Crippen LogP contribution in [0.4, 0.5) is 10.6 Å². The summed E-state index contributed by atoms with van der Waals surface area (Å²) in [5, 5.41) is 3.87. The zero-order valence-electron chi connectivity index (χ0n) is 21.4. The van der Waals surface area contributed by atoms with Gasteiger partial charge in [0.25, 0.3) is 0 Å². The second-order valence-electron chi connectivity index (χ2n) is 9.67. The maximum atomic E-state index is 13.4. The summed E-state index contributed by atoms with van der Waals surface area (Å²) >= 11 is 6.08. The molecule has 1 atom stereocenters. The number of carbonyl (C=O) groups excluding carboxylic acids is 1. The predicted molar refractivity (Wildman–Crippen MR) is 150 cm³/mol. The number of benzene rings is 2. The Hall–Kier alpha value is -3.88. The molecule has 9 heteroatoms. The number of H-pyrrole nitrogens is 1. The number of anilines is 1. The second kappa shape index (κ2) is 11.2. The summed E-state index contributed by atoms with van der Waals surface area (Å²) in [6.45, 7) is 1.86. The molecule has 0 spiro atoms. The zero-order valence-corrected chi connectivity index (χ0v) is 22.1. The van der Waals surface area contributed by atoms with Crippen LogP contribution in [0.3, 0.4) is 0 Å². The van der Waals surface area contributed by atoms with Gasteiger partial charge in [-0.1, -0.05) is 41.9 Å². The van der Waals surface area contributed by atoms with E-state index in [4.69, 9.17) is 16.3 Å². The molecule has 2 N–H and O–H groups in total. The lowest BCUT2D eigenvalue weighted by molar-refractivity contribution is 0.197. The highest BCUT2D eigenvalue weighted by atomic mass is 35.5. The molecule has 1 amide bonds. The molecule has 2 aromatic heterocycles. The number of halogens is 1. The highest BCUT2D eigenvalue weighted by molar-refractivity contribution is 6.31. The van der Waals surface area contributed by atoms with Crippen LogP contribution in [-0.2, 0) is 0 Å². The van der Waals surface area contributed by atoms with Crippen molar-refractivity contribution < 1.29 is 9.53 Å². The third-order valence-corrected chi connectivity index (χ3v) is 7.26. The van der Waals surface area contributed by atoms with Gasteiger partial charge in [0, 0.05) is 41.3 Å². The van der Waals surface area contributed by atoms with E-state index in [2.05, 4.69) is 39.2 Å². The lowest BCUT2D eigenvalue weighted by atomic mass is 9.98. The van der Waals surface area contributed by atoms with E-state index in [1.807, 2.05) is 36.4 Å². The van der Waals surface area contributed by atoms with Gasteiger partial charge in [0.15, 0.2) is 11.2 Å². The lowest BCUT2D eigenvalue weighted by Crippen LogP contribution is -2.42. The first-order valence-electron chi connectivity index (χ1n) is 12.6. The molecule has 1 fully saturated rings. The molecule has 1 saturated heterocycles. The number of fused-ring (bicyclic) bond motifs is 1. The minimum Gasteiger partial charge on any atom is -0.409 e. The van der Waals surface area contributed by atoms with Crippen molar-refractivity contribution in [1.82, 2.24) is 20.2 Å². The van der Waals surface area contributed by atoms with Crippen LogP contribution in [-0.4, -0.2) is 54.2 Å². The summed E-state index contributed by atoms with van der Waals surface area (Å²) in [4.78, 5) is 38.5. The Morgan fingerprint density at radius 2 is 1.89 bits per heavy atom. The Balaban J connectivity index is 1.32. The Morgan fingerprint density at radius 1 is 1.13 bits per heavy atom. The van der Waals surface area contributed by atoms with Gasteiger partial charge in [0.05, 0.1) is 17.8 Å². The molecule has 4 aromatic rings. The number of aromatic nitrogens is 2. The second-order valence-corrected chi connectivity index (χ2v) is 10.1. The van der Waals surface area contributed by atoms with Crippen molar-refractivity contribution in [2.45, 2.75) is 24.9 Å². The number of ether oxygens (including phenoxy) is 1. The van der Waals surface area contributed by atoms with E-state index in [1.165, 1.54) is 0 Å². The van der Waals surface area contributed by atoms with Crippen LogP contribution < -0.4 is 20.4 Å². The maximum absolute atomic E-state index is 13.4. The summed E-state index contributed by atoms with van der Waals surface area (Å²) in [6.07, 6.45) is 4.64. The van der Waals surface area contributed by atoms with Gasteiger partial charge in [-0.05, 0) is 62.8 Å². The lowest BCUT2D eigenvalue weighted by Gasteiger charge is -2.35. The van der Waals surface area contributed by atoms with Gasteiger partial charge in [0.1, 0.15) is 5.82 Å². The smallest absolute Gasteiger partial charge is 0.409 e. The van der Waals surface area contributed by atoms with Crippen molar-refractivity contribution in [3.05, 3.63) is 99.4 Å². The van der Waals surface area contributed by atoms with Gasteiger partial charge in [-0.25, -0.2) is 9.78 Å². The number of nitrogens with one attached hydrogen (secondary N) is 2. The number of carbonyl (C=O) groups is 1. The third-order valence-electron chi connectivity index (χ3n) is 7.03. The fourth-order valence-electron chi connectivity index (χ4n) is 4.90. The first kappa shape index (κ1) is 25.8. The van der Waals surface area contributed by atoms with E-state index in [-0.39, 0.29) is 5.43 Å². The fraction of sp³-hybridized carbons (Fsp3) is 0.276. The predicted octanol–water partition coefficient (Wildman–Crippen LogP) is 4.98. The van der Waals surface area contributed by atoms with Crippen LogP contribution in [0.1, 0.15) is 30.0 Å². The van der Waals surface area contributed by atoms with E-state index >= 15 is 0 Å². The van der Waals surface area contributed by atoms with Crippen molar-refractivity contribution in [3.63, 3.8) is 0 Å². The summed E-state index contributed by atoms with van der Waals surface area (Å²) in [5.74, 6) is 1.18. The standard InChI is InChI=1S/C29H30ClN5O3/c1-34(2)21-12-14-35(15-13-21)26-11-9-22(17-32-26)38-29(37)33-27(19-6-4-3-5-7-19)24-18-31-25-16-20(30)8-10-23(25)28(24)36/h3-11,16-18,21,27H,12-15H2,1-2H3,(H,31,36)(H,33,37). The van der Waals surface area contributed by atoms with Crippen molar-refractivity contribution in [2.24, 2.45) is 0 Å². The molecule has 1 unspecified atom stereocenters. The summed E-state index contributed by atoms with van der Waals surface area (Å²) in [6, 6.07) is 17.8. The first-order valence-corrected chi connectivity index (χ1v) is 13.0. The van der Waals surface area contributed by atoms with Crippen LogP contribution in [0.2, 0.25) is 5.02 Å². The average Bonchev–Trinajstić information content (AvgIpc) is 2.93. The molecule has 0 bridgehead atoms. The van der Waals surface area contributed by atoms with Gasteiger partial charge < -0.3 is 24.8 Å². The monoisotopic (exact) mass is 531 g/mol. The molecule has 1 aliphatic rings. The topological polar surface area (TPSA) is 90.6 Å². The molecular formula is C29H30ClN5O3. The molecule has 1 aliphatic heterocycles. The highest BCUT2D eigenvalue weighted by Crippen LogP contribution is 2.24. The Morgan fingerprint density at radius 3 is 2.58 bits per heavy atom. The van der Waals surface area contributed by atoms with Crippen LogP contribution in [0.15, 0.2) is 77.9 Å². The first-order chi connectivity index (χ1) is 18.4. The van der Waals surface area contributed by atoms with Crippen LogP contribution >= 0.6 is 11.6 Å². The van der Waals surface area contributed by atoms with Gasteiger partial charge in [-0.2, -0.15) is 0 Å². The number of rotatable bonds is 6. The van der Waals surface area contributed by atoms with Gasteiger partial charge >= 0.3 is 6.09 Å². The third kappa shape index (κ3) is 5.66. The normalized spacial score (nSPS) is 15.0. The van der Waals surface area contributed by atoms with E-state index < -0.39 is 12.1 Å². The average molecular weight is 532 g/mol. The Kier molecular flexibility index (Phi) is 7.62. The largest absolute Gasteiger partial charge is 0.413 e. The molecule has 196 valence electrons. The molecule has 38 heavy (non-hydrogen) atoms. The summed E-state index contributed by atoms with van der Waals surface area (Å²) in [7, 11) is 4.23. The van der Waals surface area contributed by atoms with Gasteiger partial charge in [0.2, 0.25) is 0 Å². The van der Waals surface area contributed by atoms with E-state index in [1.54, 1.807) is 36.7 Å². The summed E-state index contributed by atoms with van der Waals surface area (Å²) in [5.41, 5.74) is 1.56. The van der Waals surface area contributed by atoms with E-state index in [0.29, 0.717) is 33.3 Å². The van der Waals surface area contributed by atoms with Crippen molar-refractivity contribution in [2.75, 3.05) is 32.1 Å². The number of aromatic amines is 1. The molecule has 0 aliphatic carbocycles. The van der Waals surface area contributed by atoms with Crippen LogP contribution in [0, 0.1) is 0 Å². The zero-order chi connectivity index (χ0) is 26.6. The quantitative estimate of drug-likeness (QED) is 0.364. The fourth-order valence-corrected chi connectivity index (χ4v) is 5.07. The number of piperidine rings is 1. The van der Waals surface area contributed by atoms with E-state index in [0.717, 1.165) is 37.3 Å². The van der Waals surface area contributed by atoms with Gasteiger partial charge in [-0.3, -0.25) is 4.79 Å². The minimum absolute atomic E-state index is 0.200. The number of hydrogen-bond acceptors (Lipinski definition) is 6. The van der Waals surface area contributed by atoms with Crippen molar-refractivity contribution >= 4 is 34.4 Å². The molecule has 0 radical (unpaired) electrons. The maximum Gasteiger partial charge on any atom is 0.413 e. The molecule has 0 saturated carbocycles. The van der Waals surface area contributed by atoms with Crippen LogP contribution in [0.5, 0.6) is 5.75 Å². The van der Waals surface area contributed by atoms with E-state index in [9.17, 15) is 9.59 Å². The SMILES string of the molecule is CN(C)C1CCN(c2ccc(OC(=O)NC(c3ccccc3)c3c[nH]c4cc(Cl)ccc4c3=O)cn2)CC1. The molecule has 5 rings (SSSR count). The molecule has 3 heterocycles. The molecule has 2 aromatic carbocycles. The number of pyridine rings is 2. The molecular weight excluding hydrogens is 502 g/mol. The minimum atomic E-state index is -0.724. The van der Waals surface area contributed by atoms with Crippen molar-refractivity contribution in [3.8, 4) is 5.75 Å². The molecule has 8 nitrogen and oxygen atoms in total. The van der Waals surface area contributed by atoms with Crippen molar-refractivity contribution in [1.29, 1.82) is 0 Å². The summed E-state index contributed by atoms with van der Waals surface area (Å²) < 4.78 is 5.55. The van der Waals surface area contributed by atoms with Crippen LogP contribution in [0.25, 0.3) is 10.9 Å². The van der Waals surface area contributed by atoms with Gasteiger partial charge in [-0.15, -0.1) is 0 Å². The Labute approximate surface area is 226 Å². The number of nitrogens with zero attached hydrogens (tertiary/aromatic N) is 3. The highest BCUT2D eigenvalue weighted by Gasteiger charge is 2.23. The Bertz CT molecular complexity index is 1470. The number of hydrogen-bond donors (Lipinski definition) is 2.